The molecule has 0 unspecified atom stereocenters. The summed E-state index contributed by atoms with van der Waals surface area (Å²) < 4.78 is 8.19. The Morgan fingerprint density at radius 2 is 1.56 bits per heavy atom. The number of hydrogen-bond donors (Lipinski definition) is 0. The standard InChI is InChI=1S/C31H24N2O/c1-3-21(2)24-15-18-30-26(19-24)27(20-34-30)31-32-28-11-7-8-12-29(28)33(31)25-16-13-23(14-17-25)22-9-5-4-6-10-22/h3-20H,1-2H3/b21-3-. The molecule has 0 aliphatic heterocycles. The van der Waals surface area contributed by atoms with Gasteiger partial charge in [-0.15, -0.1) is 0 Å². The molecular formula is C31H24N2O. The Kier molecular flexibility index (Phi) is 4.88. The molecular weight excluding hydrogens is 416 g/mol. The zero-order valence-corrected chi connectivity index (χ0v) is 19.2. The molecule has 0 bridgehead atoms. The quantitative estimate of drug-likeness (QED) is 0.275. The lowest BCUT2D eigenvalue weighted by molar-refractivity contribution is 0.616. The van der Waals surface area contributed by atoms with Crippen LogP contribution < -0.4 is 0 Å². The summed E-state index contributed by atoms with van der Waals surface area (Å²) in [6.45, 7) is 4.19. The summed E-state index contributed by atoms with van der Waals surface area (Å²) in [5, 5.41) is 1.07. The lowest BCUT2D eigenvalue weighted by atomic mass is 10.0. The van der Waals surface area contributed by atoms with Crippen molar-refractivity contribution in [2.45, 2.75) is 13.8 Å². The zero-order chi connectivity index (χ0) is 23.1. The summed E-state index contributed by atoms with van der Waals surface area (Å²) in [5.41, 5.74) is 9.77. The van der Waals surface area contributed by atoms with Crippen LogP contribution in [0.25, 0.3) is 55.8 Å². The van der Waals surface area contributed by atoms with Gasteiger partial charge >= 0.3 is 0 Å². The zero-order valence-electron chi connectivity index (χ0n) is 19.2. The topological polar surface area (TPSA) is 31.0 Å². The summed E-state index contributed by atoms with van der Waals surface area (Å²) in [6.07, 6.45) is 3.96. The van der Waals surface area contributed by atoms with E-state index in [1.807, 2.05) is 24.5 Å². The summed E-state index contributed by atoms with van der Waals surface area (Å²) >= 11 is 0. The molecule has 0 spiro atoms. The van der Waals surface area contributed by atoms with Crippen molar-refractivity contribution in [2.24, 2.45) is 0 Å². The minimum atomic E-state index is 0.862. The highest BCUT2D eigenvalue weighted by Crippen LogP contribution is 2.36. The average Bonchev–Trinajstić information content (AvgIpc) is 3.49. The Hall–Kier alpha value is -4.37. The molecule has 0 saturated heterocycles. The second-order valence-electron chi connectivity index (χ2n) is 8.50. The molecule has 0 N–H and O–H groups in total. The molecule has 4 aromatic carbocycles. The van der Waals surface area contributed by atoms with Crippen LogP contribution in [-0.4, -0.2) is 9.55 Å². The van der Waals surface area contributed by atoms with Crippen LogP contribution in [0.3, 0.4) is 0 Å². The van der Waals surface area contributed by atoms with Gasteiger partial charge in [-0.2, -0.15) is 0 Å². The first-order valence-corrected chi connectivity index (χ1v) is 11.5. The molecule has 0 saturated carbocycles. The van der Waals surface area contributed by atoms with E-state index in [9.17, 15) is 0 Å². The highest BCUT2D eigenvalue weighted by Gasteiger charge is 2.19. The van der Waals surface area contributed by atoms with Crippen LogP contribution >= 0.6 is 0 Å². The second-order valence-corrected chi connectivity index (χ2v) is 8.50. The molecule has 0 amide bonds. The molecule has 2 heterocycles. The summed E-state index contributed by atoms with van der Waals surface area (Å²) in [6, 6.07) is 33.7. The molecule has 6 aromatic rings. The summed E-state index contributed by atoms with van der Waals surface area (Å²) in [5.74, 6) is 0.877. The van der Waals surface area contributed by atoms with Crippen molar-refractivity contribution >= 4 is 27.6 Å². The minimum absolute atomic E-state index is 0.862. The van der Waals surface area contributed by atoms with Gasteiger partial charge < -0.3 is 4.42 Å². The Labute approximate surface area is 198 Å². The van der Waals surface area contributed by atoms with E-state index in [4.69, 9.17) is 9.40 Å². The van der Waals surface area contributed by atoms with Crippen LogP contribution in [-0.2, 0) is 0 Å². The molecule has 6 rings (SSSR count). The van der Waals surface area contributed by atoms with E-state index in [0.29, 0.717) is 0 Å². The SMILES string of the molecule is C/C=C(/C)c1ccc2occ(-c3nc4ccccc4n3-c3ccc(-c4ccccc4)cc3)c2c1. The fraction of sp³-hybridized carbons (Fsp3) is 0.0645. The van der Waals surface area contributed by atoms with Gasteiger partial charge in [-0.25, -0.2) is 4.98 Å². The van der Waals surface area contributed by atoms with Crippen molar-refractivity contribution in [2.75, 3.05) is 0 Å². The Morgan fingerprint density at radius 3 is 2.35 bits per heavy atom. The molecule has 0 aliphatic carbocycles. The predicted octanol–water partition coefficient (Wildman–Crippen LogP) is 8.53. The number of benzene rings is 4. The van der Waals surface area contributed by atoms with Crippen LogP contribution in [0.2, 0.25) is 0 Å². The average molecular weight is 441 g/mol. The van der Waals surface area contributed by atoms with Crippen molar-refractivity contribution in [3.8, 4) is 28.2 Å². The number of imidazole rings is 1. The normalized spacial score (nSPS) is 12.0. The summed E-state index contributed by atoms with van der Waals surface area (Å²) in [7, 11) is 0. The van der Waals surface area contributed by atoms with Crippen molar-refractivity contribution in [1.29, 1.82) is 0 Å². The number of fused-ring (bicyclic) bond motifs is 2. The number of rotatable bonds is 4. The van der Waals surface area contributed by atoms with Gasteiger partial charge in [0.2, 0.25) is 0 Å². The Bertz CT molecular complexity index is 1650. The minimum Gasteiger partial charge on any atom is -0.464 e. The lowest BCUT2D eigenvalue weighted by Crippen LogP contribution is -1.97. The molecule has 0 fully saturated rings. The van der Waals surface area contributed by atoms with Crippen molar-refractivity contribution in [1.82, 2.24) is 9.55 Å². The maximum atomic E-state index is 5.96. The van der Waals surface area contributed by atoms with E-state index >= 15 is 0 Å². The van der Waals surface area contributed by atoms with E-state index in [1.54, 1.807) is 0 Å². The first-order chi connectivity index (χ1) is 16.7. The first-order valence-electron chi connectivity index (χ1n) is 11.5. The molecule has 3 nitrogen and oxygen atoms in total. The Morgan fingerprint density at radius 1 is 0.824 bits per heavy atom. The van der Waals surface area contributed by atoms with Gasteiger partial charge in [-0.05, 0) is 72.5 Å². The van der Waals surface area contributed by atoms with Gasteiger partial charge in [0, 0.05) is 11.1 Å². The number of furan rings is 1. The van der Waals surface area contributed by atoms with Gasteiger partial charge in [0.25, 0.3) is 0 Å². The largest absolute Gasteiger partial charge is 0.464 e. The maximum Gasteiger partial charge on any atom is 0.149 e. The molecule has 0 atom stereocenters. The van der Waals surface area contributed by atoms with E-state index in [-0.39, 0.29) is 0 Å². The third kappa shape index (κ3) is 3.34. The lowest BCUT2D eigenvalue weighted by Gasteiger charge is -2.10. The highest BCUT2D eigenvalue weighted by molar-refractivity contribution is 5.96. The van der Waals surface area contributed by atoms with Crippen LogP contribution in [0, 0.1) is 0 Å². The van der Waals surface area contributed by atoms with Gasteiger partial charge in [0.1, 0.15) is 17.7 Å². The molecule has 0 radical (unpaired) electrons. The predicted molar refractivity (Wildman–Crippen MR) is 141 cm³/mol. The molecule has 34 heavy (non-hydrogen) atoms. The fourth-order valence-corrected chi connectivity index (χ4v) is 4.52. The van der Waals surface area contributed by atoms with Crippen LogP contribution in [0.15, 0.2) is 114 Å². The van der Waals surface area contributed by atoms with Crippen molar-refractivity contribution < 1.29 is 4.42 Å². The summed E-state index contributed by atoms with van der Waals surface area (Å²) in [4.78, 5) is 5.05. The van der Waals surface area contributed by atoms with E-state index in [0.717, 1.165) is 39.1 Å². The third-order valence-electron chi connectivity index (χ3n) is 6.50. The molecule has 164 valence electrons. The number of aromatic nitrogens is 2. The first kappa shape index (κ1) is 20.3. The molecule has 3 heteroatoms. The highest BCUT2D eigenvalue weighted by atomic mass is 16.3. The fourth-order valence-electron chi connectivity index (χ4n) is 4.52. The van der Waals surface area contributed by atoms with Gasteiger partial charge in [-0.1, -0.05) is 66.7 Å². The number of nitrogens with zero attached hydrogens (tertiary/aromatic N) is 2. The van der Waals surface area contributed by atoms with Gasteiger partial charge in [-0.3, -0.25) is 4.57 Å². The number of hydrogen-bond acceptors (Lipinski definition) is 2. The van der Waals surface area contributed by atoms with Crippen LogP contribution in [0.4, 0.5) is 0 Å². The molecule has 2 aromatic heterocycles. The number of allylic oxidation sites excluding steroid dienone is 2. The third-order valence-corrected chi connectivity index (χ3v) is 6.50. The maximum absolute atomic E-state index is 5.96. The van der Waals surface area contributed by atoms with Crippen LogP contribution in [0.5, 0.6) is 0 Å². The molecule has 0 aliphatic rings. The van der Waals surface area contributed by atoms with Crippen molar-refractivity contribution in [3.05, 3.63) is 115 Å². The second kappa shape index (κ2) is 8.20. The van der Waals surface area contributed by atoms with Crippen molar-refractivity contribution in [3.63, 3.8) is 0 Å². The monoisotopic (exact) mass is 440 g/mol. The number of para-hydroxylation sites is 2. The Balaban J connectivity index is 1.55. The van der Waals surface area contributed by atoms with Gasteiger partial charge in [0.05, 0.1) is 16.6 Å². The van der Waals surface area contributed by atoms with Gasteiger partial charge in [0.15, 0.2) is 0 Å². The van der Waals surface area contributed by atoms with E-state index < -0.39 is 0 Å². The smallest absolute Gasteiger partial charge is 0.149 e. The van der Waals surface area contributed by atoms with E-state index in [2.05, 4.69) is 103 Å². The van der Waals surface area contributed by atoms with E-state index in [1.165, 1.54) is 22.3 Å². The van der Waals surface area contributed by atoms with Crippen LogP contribution in [0.1, 0.15) is 19.4 Å².